The van der Waals surface area contributed by atoms with Gasteiger partial charge >= 0.3 is 0 Å². The van der Waals surface area contributed by atoms with Gasteiger partial charge < -0.3 is 4.52 Å². The summed E-state index contributed by atoms with van der Waals surface area (Å²) in [5.74, 6) is 1.59. The topological polar surface area (TPSA) is 114 Å². The molecule has 1 aromatic rings. The van der Waals surface area contributed by atoms with Crippen molar-refractivity contribution in [2.45, 2.75) is 32.1 Å². The Balaban J connectivity index is 1.51. The Morgan fingerprint density at radius 2 is 1.76 bits per heavy atom. The van der Waals surface area contributed by atoms with Crippen molar-refractivity contribution in [3.05, 3.63) is 11.7 Å². The van der Waals surface area contributed by atoms with Gasteiger partial charge in [-0.25, -0.2) is 25.4 Å². The maximum atomic E-state index is 11.7. The highest BCUT2D eigenvalue weighted by Gasteiger charge is 2.36. The van der Waals surface area contributed by atoms with Crippen molar-refractivity contribution in [3.8, 4) is 0 Å². The van der Waals surface area contributed by atoms with Crippen molar-refractivity contribution in [2.24, 2.45) is 5.92 Å². The largest absolute Gasteiger partial charge is 0.339 e. The highest BCUT2D eigenvalue weighted by atomic mass is 32.2. The van der Waals surface area contributed by atoms with E-state index in [4.69, 9.17) is 4.52 Å². The molecule has 11 heteroatoms. The lowest BCUT2D eigenvalue weighted by Crippen LogP contribution is -2.51. The molecule has 3 heterocycles. The highest BCUT2D eigenvalue weighted by Crippen LogP contribution is 2.28. The molecule has 2 fully saturated rings. The van der Waals surface area contributed by atoms with Crippen LogP contribution in [-0.4, -0.2) is 73.8 Å². The summed E-state index contributed by atoms with van der Waals surface area (Å²) < 4.78 is 54.8. The molecule has 0 N–H and O–H groups in total. The third-order valence-electron chi connectivity index (χ3n) is 4.92. The molecule has 0 bridgehead atoms. The summed E-state index contributed by atoms with van der Waals surface area (Å²) in [6.07, 6.45) is 3.15. The summed E-state index contributed by atoms with van der Waals surface area (Å²) in [7, 11) is -6.25. The van der Waals surface area contributed by atoms with Gasteiger partial charge in [-0.1, -0.05) is 5.16 Å². The van der Waals surface area contributed by atoms with Crippen molar-refractivity contribution < 1.29 is 21.4 Å². The second kappa shape index (κ2) is 6.93. The fraction of sp³-hybridized carbons (Fsp3) is 0.857. The van der Waals surface area contributed by atoms with Gasteiger partial charge in [-0.05, 0) is 25.7 Å². The van der Waals surface area contributed by atoms with E-state index in [2.05, 4.69) is 10.1 Å². The number of hydrogen-bond acceptors (Lipinski definition) is 7. The van der Waals surface area contributed by atoms with E-state index in [1.54, 1.807) is 6.92 Å². The van der Waals surface area contributed by atoms with Crippen LogP contribution in [0.4, 0.5) is 0 Å². The van der Waals surface area contributed by atoms with Crippen molar-refractivity contribution in [1.29, 1.82) is 0 Å². The first-order chi connectivity index (χ1) is 11.7. The minimum absolute atomic E-state index is 0.105. The van der Waals surface area contributed by atoms with Crippen LogP contribution in [0.3, 0.4) is 0 Å². The highest BCUT2D eigenvalue weighted by molar-refractivity contribution is 7.89. The molecule has 3 rings (SSSR count). The van der Waals surface area contributed by atoms with Crippen LogP contribution in [0.15, 0.2) is 4.52 Å². The normalized spacial score (nSPS) is 22.2. The zero-order valence-corrected chi connectivity index (χ0v) is 16.1. The zero-order chi connectivity index (χ0) is 18.2. The van der Waals surface area contributed by atoms with E-state index in [1.165, 1.54) is 14.9 Å². The van der Waals surface area contributed by atoms with Gasteiger partial charge in [0.2, 0.25) is 25.9 Å². The number of sulfonamides is 2. The van der Waals surface area contributed by atoms with Crippen LogP contribution in [0.2, 0.25) is 0 Å². The molecule has 0 saturated carbocycles. The number of rotatable bonds is 6. The van der Waals surface area contributed by atoms with Gasteiger partial charge in [-0.2, -0.15) is 4.98 Å². The number of nitrogens with zero attached hydrogens (tertiary/aromatic N) is 4. The van der Waals surface area contributed by atoms with Gasteiger partial charge in [0.1, 0.15) is 0 Å². The summed E-state index contributed by atoms with van der Waals surface area (Å²) in [5.41, 5.74) is 0. The van der Waals surface area contributed by atoms with E-state index in [0.717, 1.165) is 0 Å². The molecule has 9 nitrogen and oxygen atoms in total. The lowest BCUT2D eigenvalue weighted by molar-refractivity contribution is 0.186. The Labute approximate surface area is 148 Å². The summed E-state index contributed by atoms with van der Waals surface area (Å²) >= 11 is 0. The number of hydrogen-bond donors (Lipinski definition) is 0. The minimum atomic E-state index is -3.14. The van der Waals surface area contributed by atoms with Crippen LogP contribution < -0.4 is 0 Å². The van der Waals surface area contributed by atoms with Gasteiger partial charge in [-0.3, -0.25) is 0 Å². The smallest absolute Gasteiger partial charge is 0.227 e. The van der Waals surface area contributed by atoms with Gasteiger partial charge in [-0.15, -0.1) is 0 Å². The minimum Gasteiger partial charge on any atom is -0.339 e. The first-order valence-electron chi connectivity index (χ1n) is 8.44. The quantitative estimate of drug-likeness (QED) is 0.671. The van der Waals surface area contributed by atoms with Crippen molar-refractivity contribution in [2.75, 3.05) is 38.2 Å². The predicted molar refractivity (Wildman–Crippen MR) is 90.9 cm³/mol. The van der Waals surface area contributed by atoms with Gasteiger partial charge in [0.15, 0.2) is 5.82 Å². The van der Waals surface area contributed by atoms with E-state index in [0.29, 0.717) is 57.2 Å². The van der Waals surface area contributed by atoms with Crippen LogP contribution in [0.5, 0.6) is 0 Å². The summed E-state index contributed by atoms with van der Waals surface area (Å²) in [6.45, 7) is 3.59. The molecule has 1 aromatic heterocycles. The maximum Gasteiger partial charge on any atom is 0.227 e. The maximum absolute atomic E-state index is 11.7. The van der Waals surface area contributed by atoms with Gasteiger partial charge in [0.25, 0.3) is 0 Å². The first kappa shape index (κ1) is 18.7. The van der Waals surface area contributed by atoms with Gasteiger partial charge in [0, 0.05) is 38.5 Å². The van der Waals surface area contributed by atoms with Crippen molar-refractivity contribution in [1.82, 2.24) is 18.8 Å². The molecule has 2 aliphatic heterocycles. The van der Waals surface area contributed by atoms with Crippen molar-refractivity contribution >= 4 is 20.0 Å². The molecule has 142 valence electrons. The van der Waals surface area contributed by atoms with Crippen LogP contribution in [-0.2, 0) is 26.5 Å². The molecule has 0 spiro atoms. The van der Waals surface area contributed by atoms with E-state index in [1.807, 2.05) is 0 Å². The molecule has 0 radical (unpaired) electrons. The molecule has 2 aliphatic rings. The predicted octanol–water partition coefficient (Wildman–Crippen LogP) is 0.0326. The molecule has 0 amide bonds. The van der Waals surface area contributed by atoms with Crippen molar-refractivity contribution in [3.63, 3.8) is 0 Å². The Hall–Kier alpha value is -1.04. The van der Waals surface area contributed by atoms with Crippen LogP contribution in [0, 0.1) is 5.92 Å². The second-order valence-corrected chi connectivity index (χ2v) is 11.0. The summed E-state index contributed by atoms with van der Waals surface area (Å²) in [6, 6.07) is 0. The molecule has 0 atom stereocenters. The van der Waals surface area contributed by atoms with Crippen LogP contribution in [0.1, 0.15) is 37.4 Å². The SMILES string of the molecule is CCS(=O)(=O)N1CC(Cc2nc(C3CCN(S(C)(=O)=O)CC3)no2)C1. The molecule has 2 saturated heterocycles. The Morgan fingerprint density at radius 1 is 1.12 bits per heavy atom. The summed E-state index contributed by atoms with van der Waals surface area (Å²) in [4.78, 5) is 4.44. The van der Waals surface area contributed by atoms with E-state index in [-0.39, 0.29) is 17.6 Å². The third kappa shape index (κ3) is 4.21. The lowest BCUT2D eigenvalue weighted by atomic mass is 9.97. The third-order valence-corrected chi connectivity index (χ3v) is 8.03. The Bertz CT molecular complexity index is 806. The lowest BCUT2D eigenvalue weighted by Gasteiger charge is -2.37. The van der Waals surface area contributed by atoms with E-state index in [9.17, 15) is 16.8 Å². The van der Waals surface area contributed by atoms with Gasteiger partial charge in [0.05, 0.1) is 12.0 Å². The molecule has 0 unspecified atom stereocenters. The molecule has 0 aromatic carbocycles. The molecular formula is C14H24N4O5S2. The Morgan fingerprint density at radius 3 is 2.32 bits per heavy atom. The van der Waals surface area contributed by atoms with E-state index >= 15 is 0 Å². The summed E-state index contributed by atoms with van der Waals surface area (Å²) in [5, 5.41) is 4.04. The van der Waals surface area contributed by atoms with Crippen LogP contribution in [0.25, 0.3) is 0 Å². The average Bonchev–Trinajstić information content (AvgIpc) is 2.98. The number of aromatic nitrogens is 2. The Kier molecular flexibility index (Phi) is 5.20. The molecule has 0 aliphatic carbocycles. The molecule has 25 heavy (non-hydrogen) atoms. The van der Waals surface area contributed by atoms with Crippen LogP contribution >= 0.6 is 0 Å². The standard InChI is InChI=1S/C14H24N4O5S2/c1-3-25(21,22)18-9-11(10-18)8-13-15-14(16-23-13)12-4-6-17(7-5-12)24(2,19)20/h11-12H,3-10H2,1-2H3. The fourth-order valence-electron chi connectivity index (χ4n) is 3.27. The monoisotopic (exact) mass is 392 g/mol. The first-order valence-corrected chi connectivity index (χ1v) is 11.9. The molecular weight excluding hydrogens is 368 g/mol. The van der Waals surface area contributed by atoms with E-state index < -0.39 is 20.0 Å². The number of piperidine rings is 1. The second-order valence-electron chi connectivity index (χ2n) is 6.77. The zero-order valence-electron chi connectivity index (χ0n) is 14.5. The fourth-order valence-corrected chi connectivity index (χ4v) is 5.39. The average molecular weight is 393 g/mol.